The molecule has 160 valence electrons. The van der Waals surface area contributed by atoms with E-state index < -0.39 is 10.0 Å². The number of pyridine rings is 1. The first-order valence-corrected chi connectivity index (χ1v) is 11.7. The van der Waals surface area contributed by atoms with Crippen molar-refractivity contribution in [3.8, 4) is 0 Å². The number of nitrogens with one attached hydrogen (secondary N) is 2. The van der Waals surface area contributed by atoms with Gasteiger partial charge in [0.05, 0.1) is 6.54 Å². The van der Waals surface area contributed by atoms with Crippen molar-refractivity contribution in [2.24, 2.45) is 4.99 Å². The van der Waals surface area contributed by atoms with Crippen LogP contribution in [0.3, 0.4) is 0 Å². The van der Waals surface area contributed by atoms with E-state index in [1.54, 1.807) is 12.3 Å². The molecule has 3 rings (SSSR count). The second-order valence-corrected chi connectivity index (χ2v) is 8.79. The molecule has 2 heterocycles. The molecular weight excluding hydrogens is 398 g/mol. The summed E-state index contributed by atoms with van der Waals surface area (Å²) in [6, 6.07) is 13.5. The third-order valence-corrected chi connectivity index (χ3v) is 6.27. The number of aliphatic imine (C=N–C) groups is 1. The van der Waals surface area contributed by atoms with Crippen molar-refractivity contribution in [3.05, 3.63) is 66.0 Å². The van der Waals surface area contributed by atoms with Gasteiger partial charge in [0.2, 0.25) is 10.0 Å². The SMILES string of the molecule is CCNC(=NCCNS(=O)(=O)c1cccnc1)N1CCC(=Cc2ccccc2)CC1. The Morgan fingerprint density at radius 3 is 2.60 bits per heavy atom. The van der Waals surface area contributed by atoms with Crippen LogP contribution in [-0.2, 0) is 10.0 Å². The van der Waals surface area contributed by atoms with Gasteiger partial charge in [-0.25, -0.2) is 13.1 Å². The van der Waals surface area contributed by atoms with Gasteiger partial charge in [-0.3, -0.25) is 9.98 Å². The van der Waals surface area contributed by atoms with Crippen molar-refractivity contribution < 1.29 is 8.42 Å². The zero-order chi connectivity index (χ0) is 21.2. The van der Waals surface area contributed by atoms with Crippen LogP contribution < -0.4 is 10.0 Å². The van der Waals surface area contributed by atoms with Gasteiger partial charge in [0.1, 0.15) is 4.90 Å². The molecule has 7 nitrogen and oxygen atoms in total. The number of rotatable bonds is 7. The van der Waals surface area contributed by atoms with E-state index in [4.69, 9.17) is 0 Å². The Labute approximate surface area is 179 Å². The number of guanidine groups is 1. The molecular formula is C22H29N5O2S. The number of hydrogen-bond donors (Lipinski definition) is 2. The van der Waals surface area contributed by atoms with Crippen LogP contribution >= 0.6 is 0 Å². The van der Waals surface area contributed by atoms with E-state index >= 15 is 0 Å². The summed E-state index contributed by atoms with van der Waals surface area (Å²) in [6.07, 6.45) is 7.14. The molecule has 1 aromatic heterocycles. The summed E-state index contributed by atoms with van der Waals surface area (Å²) in [5, 5.41) is 3.32. The highest BCUT2D eigenvalue weighted by molar-refractivity contribution is 7.89. The molecule has 0 bridgehead atoms. The average molecular weight is 428 g/mol. The fraction of sp³-hybridized carbons (Fsp3) is 0.364. The summed E-state index contributed by atoms with van der Waals surface area (Å²) in [5.74, 6) is 0.830. The van der Waals surface area contributed by atoms with Crippen molar-refractivity contribution >= 4 is 22.1 Å². The van der Waals surface area contributed by atoms with Crippen LogP contribution in [0.2, 0.25) is 0 Å². The number of hydrogen-bond acceptors (Lipinski definition) is 4. The first-order valence-electron chi connectivity index (χ1n) is 10.3. The minimum absolute atomic E-state index is 0.162. The predicted molar refractivity (Wildman–Crippen MR) is 121 cm³/mol. The van der Waals surface area contributed by atoms with Crippen LogP contribution in [0.4, 0.5) is 0 Å². The highest BCUT2D eigenvalue weighted by atomic mass is 32.2. The molecule has 1 fully saturated rings. The van der Waals surface area contributed by atoms with E-state index in [2.05, 4.69) is 55.3 Å². The van der Waals surface area contributed by atoms with Gasteiger partial charge in [-0.05, 0) is 37.5 Å². The number of nitrogens with zero attached hydrogens (tertiary/aromatic N) is 3. The maximum Gasteiger partial charge on any atom is 0.242 e. The molecule has 0 aliphatic carbocycles. The van der Waals surface area contributed by atoms with Gasteiger partial charge in [-0.15, -0.1) is 0 Å². The molecule has 1 aliphatic rings. The number of benzene rings is 1. The second kappa shape index (κ2) is 10.9. The molecule has 0 atom stereocenters. The molecule has 0 spiro atoms. The number of aromatic nitrogens is 1. The maximum atomic E-state index is 12.3. The third-order valence-electron chi connectivity index (χ3n) is 4.82. The standard InChI is InChI=1S/C22H29N5O2S/c1-2-24-22(25-13-14-26-30(28,29)21-9-6-12-23-18-21)27-15-10-20(11-16-27)17-19-7-4-3-5-8-19/h3-9,12,17-18,26H,2,10-11,13-16H2,1H3,(H,24,25). The van der Waals surface area contributed by atoms with Crippen LogP contribution in [-0.4, -0.2) is 57.0 Å². The fourth-order valence-electron chi connectivity index (χ4n) is 3.29. The molecule has 0 saturated carbocycles. The molecule has 30 heavy (non-hydrogen) atoms. The Kier molecular flexibility index (Phi) is 7.98. The van der Waals surface area contributed by atoms with Crippen molar-refractivity contribution in [3.63, 3.8) is 0 Å². The topological polar surface area (TPSA) is 86.7 Å². The Balaban J connectivity index is 1.53. The van der Waals surface area contributed by atoms with E-state index in [0.29, 0.717) is 6.54 Å². The zero-order valence-corrected chi connectivity index (χ0v) is 18.1. The summed E-state index contributed by atoms with van der Waals surface area (Å²) >= 11 is 0. The summed E-state index contributed by atoms with van der Waals surface area (Å²) in [6.45, 7) is 5.19. The average Bonchev–Trinajstić information content (AvgIpc) is 2.78. The molecule has 2 N–H and O–H groups in total. The van der Waals surface area contributed by atoms with Crippen LogP contribution in [0, 0.1) is 0 Å². The fourth-order valence-corrected chi connectivity index (χ4v) is 4.28. The van der Waals surface area contributed by atoms with Crippen LogP contribution in [0.1, 0.15) is 25.3 Å². The summed E-state index contributed by atoms with van der Waals surface area (Å²) in [7, 11) is -3.56. The van der Waals surface area contributed by atoms with E-state index in [0.717, 1.165) is 38.4 Å². The van der Waals surface area contributed by atoms with Crippen molar-refractivity contribution in [1.29, 1.82) is 0 Å². The number of piperidine rings is 1. The Morgan fingerprint density at radius 1 is 1.17 bits per heavy atom. The molecule has 1 aromatic carbocycles. The van der Waals surface area contributed by atoms with Crippen molar-refractivity contribution in [2.45, 2.75) is 24.7 Å². The molecule has 1 saturated heterocycles. The molecule has 1 aliphatic heterocycles. The normalized spacial score (nSPS) is 15.2. The largest absolute Gasteiger partial charge is 0.357 e. The third kappa shape index (κ3) is 6.40. The predicted octanol–water partition coefficient (Wildman–Crippen LogP) is 2.50. The minimum Gasteiger partial charge on any atom is -0.357 e. The van der Waals surface area contributed by atoms with Gasteiger partial charge in [-0.2, -0.15) is 0 Å². The molecule has 0 amide bonds. The number of sulfonamides is 1. The van der Waals surface area contributed by atoms with E-state index in [9.17, 15) is 8.42 Å². The maximum absolute atomic E-state index is 12.3. The van der Waals surface area contributed by atoms with Gasteiger partial charge in [0.15, 0.2) is 5.96 Å². The van der Waals surface area contributed by atoms with Crippen molar-refractivity contribution in [1.82, 2.24) is 19.9 Å². The Morgan fingerprint density at radius 2 is 1.93 bits per heavy atom. The quantitative estimate of drug-likeness (QED) is 0.403. The van der Waals surface area contributed by atoms with E-state index in [1.165, 1.54) is 23.4 Å². The van der Waals surface area contributed by atoms with E-state index in [-0.39, 0.29) is 11.4 Å². The van der Waals surface area contributed by atoms with Crippen LogP contribution in [0.15, 0.2) is 70.3 Å². The van der Waals surface area contributed by atoms with Gasteiger partial charge in [0, 0.05) is 38.6 Å². The lowest BCUT2D eigenvalue weighted by molar-refractivity contribution is 0.375. The zero-order valence-electron chi connectivity index (χ0n) is 17.3. The van der Waals surface area contributed by atoms with Crippen LogP contribution in [0.25, 0.3) is 6.08 Å². The first kappa shape index (κ1) is 22.0. The highest BCUT2D eigenvalue weighted by Crippen LogP contribution is 2.19. The lowest BCUT2D eigenvalue weighted by atomic mass is 10.0. The summed E-state index contributed by atoms with van der Waals surface area (Å²) in [4.78, 5) is 10.9. The molecule has 0 radical (unpaired) electrons. The summed E-state index contributed by atoms with van der Waals surface area (Å²) in [5.41, 5.74) is 2.68. The first-order chi connectivity index (χ1) is 14.6. The highest BCUT2D eigenvalue weighted by Gasteiger charge is 2.17. The molecule has 2 aromatic rings. The Hall–Kier alpha value is -2.71. The Bertz CT molecular complexity index is 950. The van der Waals surface area contributed by atoms with Crippen molar-refractivity contribution in [2.75, 3.05) is 32.7 Å². The molecule has 0 unspecified atom stereocenters. The number of likely N-dealkylation sites (tertiary alicyclic amines) is 1. The van der Waals surface area contributed by atoms with E-state index in [1.807, 2.05) is 13.0 Å². The lowest BCUT2D eigenvalue weighted by Crippen LogP contribution is -2.44. The monoisotopic (exact) mass is 427 g/mol. The smallest absolute Gasteiger partial charge is 0.242 e. The van der Waals surface area contributed by atoms with Gasteiger partial charge >= 0.3 is 0 Å². The molecule has 8 heteroatoms. The summed E-state index contributed by atoms with van der Waals surface area (Å²) < 4.78 is 27.1. The lowest BCUT2D eigenvalue weighted by Gasteiger charge is -2.31. The van der Waals surface area contributed by atoms with Gasteiger partial charge in [0.25, 0.3) is 0 Å². The minimum atomic E-state index is -3.56. The second-order valence-electron chi connectivity index (χ2n) is 7.02. The van der Waals surface area contributed by atoms with Gasteiger partial charge < -0.3 is 10.2 Å². The van der Waals surface area contributed by atoms with Gasteiger partial charge in [-0.1, -0.05) is 42.0 Å². The van der Waals surface area contributed by atoms with Crippen LogP contribution in [0.5, 0.6) is 0 Å².